The summed E-state index contributed by atoms with van der Waals surface area (Å²) < 4.78 is 0. The second-order valence-corrected chi connectivity index (χ2v) is 6.66. The van der Waals surface area contributed by atoms with Gasteiger partial charge in [0.05, 0.1) is 5.52 Å². The Morgan fingerprint density at radius 1 is 1.12 bits per heavy atom. The minimum atomic E-state index is 0.539. The third-order valence-corrected chi connectivity index (χ3v) is 4.74. The Labute approximate surface area is 147 Å². The smallest absolute Gasteiger partial charge is 0.231 e. The van der Waals surface area contributed by atoms with E-state index in [0.29, 0.717) is 10.3 Å². The Morgan fingerprint density at radius 3 is 2.79 bits per heavy atom. The predicted octanol–water partition coefficient (Wildman–Crippen LogP) is 4.79. The highest BCUT2D eigenvalue weighted by Crippen LogP contribution is 2.31. The van der Waals surface area contributed by atoms with Gasteiger partial charge in [-0.1, -0.05) is 58.8 Å². The van der Waals surface area contributed by atoms with E-state index >= 15 is 0 Å². The van der Waals surface area contributed by atoms with Gasteiger partial charge in [0.1, 0.15) is 10.2 Å². The standard InChI is InChI=1S/C17H12ClN5S/c1-10-2-4-11(5-3-10)9-19-17-23-22-16(24-17)12-6-7-13-14(8-12)20-21-15(13)18/h2-9H,1H3,(H,20,21)/b19-9+. The summed E-state index contributed by atoms with van der Waals surface area (Å²) in [6.45, 7) is 2.06. The summed E-state index contributed by atoms with van der Waals surface area (Å²) in [6.07, 6.45) is 1.79. The minimum absolute atomic E-state index is 0.539. The van der Waals surface area contributed by atoms with Gasteiger partial charge in [0.2, 0.25) is 5.13 Å². The number of fused-ring (bicyclic) bond motifs is 1. The lowest BCUT2D eigenvalue weighted by atomic mass is 10.2. The molecule has 2 heterocycles. The quantitative estimate of drug-likeness (QED) is 0.538. The van der Waals surface area contributed by atoms with Gasteiger partial charge in [-0.05, 0) is 24.6 Å². The van der Waals surface area contributed by atoms with Crippen LogP contribution < -0.4 is 0 Å². The van der Waals surface area contributed by atoms with E-state index in [2.05, 4.69) is 44.4 Å². The molecule has 0 amide bonds. The van der Waals surface area contributed by atoms with Crippen molar-refractivity contribution in [1.29, 1.82) is 0 Å². The molecule has 0 unspecified atom stereocenters. The molecule has 5 nitrogen and oxygen atoms in total. The van der Waals surface area contributed by atoms with Gasteiger partial charge in [0, 0.05) is 17.2 Å². The van der Waals surface area contributed by atoms with Crippen molar-refractivity contribution in [2.45, 2.75) is 6.92 Å². The second-order valence-electron chi connectivity index (χ2n) is 5.33. The largest absolute Gasteiger partial charge is 0.266 e. The summed E-state index contributed by atoms with van der Waals surface area (Å²) in [5, 5.41) is 18.1. The average molecular weight is 354 g/mol. The number of halogens is 1. The molecule has 0 atom stereocenters. The highest BCUT2D eigenvalue weighted by molar-refractivity contribution is 7.18. The van der Waals surface area contributed by atoms with Crippen LogP contribution >= 0.6 is 22.9 Å². The van der Waals surface area contributed by atoms with E-state index < -0.39 is 0 Å². The molecule has 0 aliphatic carbocycles. The number of aryl methyl sites for hydroxylation is 1. The summed E-state index contributed by atoms with van der Waals surface area (Å²) in [6, 6.07) is 14.0. The molecule has 4 aromatic rings. The van der Waals surface area contributed by atoms with Crippen molar-refractivity contribution in [1.82, 2.24) is 20.4 Å². The van der Waals surface area contributed by atoms with Crippen LogP contribution in [0.3, 0.4) is 0 Å². The zero-order valence-corrected chi connectivity index (χ0v) is 14.3. The first kappa shape index (κ1) is 15.0. The molecule has 0 fully saturated rings. The molecule has 2 aromatic heterocycles. The number of rotatable bonds is 3. The van der Waals surface area contributed by atoms with E-state index in [-0.39, 0.29) is 0 Å². The molecule has 0 bridgehead atoms. The van der Waals surface area contributed by atoms with Crippen LogP contribution in [-0.2, 0) is 0 Å². The highest BCUT2D eigenvalue weighted by Gasteiger charge is 2.09. The van der Waals surface area contributed by atoms with Crippen LogP contribution in [-0.4, -0.2) is 26.6 Å². The SMILES string of the molecule is Cc1ccc(/C=N/c2nnc(-c3ccc4c(Cl)[nH]nc4c3)s2)cc1. The number of H-pyrrole nitrogens is 1. The summed E-state index contributed by atoms with van der Waals surface area (Å²) >= 11 is 7.45. The van der Waals surface area contributed by atoms with Gasteiger partial charge in [-0.25, -0.2) is 4.99 Å². The van der Waals surface area contributed by atoms with E-state index in [1.165, 1.54) is 16.9 Å². The first-order valence-corrected chi connectivity index (χ1v) is 8.47. The van der Waals surface area contributed by atoms with Crippen LogP contribution in [0.15, 0.2) is 47.5 Å². The highest BCUT2D eigenvalue weighted by atomic mass is 35.5. The van der Waals surface area contributed by atoms with Crippen LogP contribution in [0.5, 0.6) is 0 Å². The summed E-state index contributed by atoms with van der Waals surface area (Å²) in [5.41, 5.74) is 4.00. The van der Waals surface area contributed by atoms with Gasteiger partial charge in [0.25, 0.3) is 0 Å². The van der Waals surface area contributed by atoms with E-state index in [9.17, 15) is 0 Å². The van der Waals surface area contributed by atoms with Crippen molar-refractivity contribution in [3.8, 4) is 10.6 Å². The van der Waals surface area contributed by atoms with Crippen LogP contribution in [0.1, 0.15) is 11.1 Å². The first-order valence-electron chi connectivity index (χ1n) is 7.27. The molecule has 0 saturated heterocycles. The maximum absolute atomic E-state index is 6.02. The monoisotopic (exact) mass is 353 g/mol. The van der Waals surface area contributed by atoms with E-state index in [1.807, 2.05) is 30.3 Å². The lowest BCUT2D eigenvalue weighted by molar-refractivity contribution is 1.09. The minimum Gasteiger partial charge on any atom is -0.266 e. The topological polar surface area (TPSA) is 66.8 Å². The van der Waals surface area contributed by atoms with Gasteiger partial charge in [0.15, 0.2) is 0 Å². The molecule has 24 heavy (non-hydrogen) atoms. The molecule has 7 heteroatoms. The predicted molar refractivity (Wildman–Crippen MR) is 98.4 cm³/mol. The van der Waals surface area contributed by atoms with Crippen molar-refractivity contribution in [2.24, 2.45) is 4.99 Å². The van der Waals surface area contributed by atoms with Gasteiger partial charge in [-0.15, -0.1) is 10.2 Å². The number of aliphatic imine (C=N–C) groups is 1. The molecular formula is C17H12ClN5S. The molecule has 0 saturated carbocycles. The molecule has 4 rings (SSSR count). The van der Waals surface area contributed by atoms with Crippen LogP contribution in [0.25, 0.3) is 21.5 Å². The first-order chi connectivity index (χ1) is 11.7. The van der Waals surface area contributed by atoms with Crippen LogP contribution in [0.4, 0.5) is 5.13 Å². The van der Waals surface area contributed by atoms with Gasteiger partial charge in [-0.2, -0.15) is 5.10 Å². The molecule has 0 spiro atoms. The van der Waals surface area contributed by atoms with Gasteiger partial charge >= 0.3 is 0 Å². The summed E-state index contributed by atoms with van der Waals surface area (Å²) in [7, 11) is 0. The Bertz CT molecular complexity index is 1030. The molecule has 118 valence electrons. The van der Waals surface area contributed by atoms with Gasteiger partial charge < -0.3 is 0 Å². The number of benzene rings is 2. The fourth-order valence-electron chi connectivity index (χ4n) is 2.28. The number of hydrogen-bond donors (Lipinski definition) is 1. The maximum Gasteiger partial charge on any atom is 0.231 e. The zero-order chi connectivity index (χ0) is 16.5. The Balaban J connectivity index is 1.60. The second kappa shape index (κ2) is 6.14. The average Bonchev–Trinajstić information content (AvgIpc) is 3.21. The van der Waals surface area contributed by atoms with Crippen molar-refractivity contribution in [3.63, 3.8) is 0 Å². The molecule has 0 aliphatic heterocycles. The van der Waals surface area contributed by atoms with E-state index in [4.69, 9.17) is 11.6 Å². The Kier molecular flexibility index (Phi) is 3.84. The number of aromatic nitrogens is 4. The molecule has 0 radical (unpaired) electrons. The fraction of sp³-hybridized carbons (Fsp3) is 0.0588. The zero-order valence-electron chi connectivity index (χ0n) is 12.7. The van der Waals surface area contributed by atoms with Crippen molar-refractivity contribution in [3.05, 3.63) is 58.7 Å². The number of aromatic amines is 1. The fourth-order valence-corrected chi connectivity index (χ4v) is 3.17. The van der Waals surface area contributed by atoms with E-state index in [1.54, 1.807) is 6.21 Å². The molecular weight excluding hydrogens is 342 g/mol. The Hall–Kier alpha value is -2.57. The Morgan fingerprint density at radius 2 is 1.96 bits per heavy atom. The summed E-state index contributed by atoms with van der Waals surface area (Å²) in [4.78, 5) is 4.40. The molecule has 1 N–H and O–H groups in total. The third-order valence-electron chi connectivity index (χ3n) is 3.57. The molecule has 2 aromatic carbocycles. The lowest BCUT2D eigenvalue weighted by Gasteiger charge is -1.94. The summed E-state index contributed by atoms with van der Waals surface area (Å²) in [5.74, 6) is 0. The normalized spacial score (nSPS) is 11.6. The maximum atomic E-state index is 6.02. The number of hydrogen-bond acceptors (Lipinski definition) is 5. The van der Waals surface area contributed by atoms with Crippen LogP contribution in [0.2, 0.25) is 5.15 Å². The lowest BCUT2D eigenvalue weighted by Crippen LogP contribution is -1.80. The number of nitrogens with zero attached hydrogens (tertiary/aromatic N) is 4. The van der Waals surface area contributed by atoms with Crippen molar-refractivity contribution >= 4 is 45.2 Å². The van der Waals surface area contributed by atoms with Crippen LogP contribution in [0, 0.1) is 6.92 Å². The third kappa shape index (κ3) is 2.93. The molecule has 0 aliphatic rings. The van der Waals surface area contributed by atoms with E-state index in [0.717, 1.165) is 27.0 Å². The van der Waals surface area contributed by atoms with Crippen molar-refractivity contribution in [2.75, 3.05) is 0 Å². The number of nitrogens with one attached hydrogen (secondary N) is 1. The van der Waals surface area contributed by atoms with Gasteiger partial charge in [-0.3, -0.25) is 5.10 Å². The van der Waals surface area contributed by atoms with Crippen molar-refractivity contribution < 1.29 is 0 Å².